The lowest BCUT2D eigenvalue weighted by Gasteiger charge is -2.21. The highest BCUT2D eigenvalue weighted by Gasteiger charge is 2.12. The van der Waals surface area contributed by atoms with Gasteiger partial charge in [-0.1, -0.05) is 12.8 Å². The zero-order valence-corrected chi connectivity index (χ0v) is 15.8. The monoisotopic (exact) mass is 358 g/mol. The molecule has 25 heavy (non-hydrogen) atoms. The number of hydrogen-bond acceptors (Lipinski definition) is 6. The number of methoxy groups -OCH3 is 1. The van der Waals surface area contributed by atoms with Gasteiger partial charge in [-0.15, -0.1) is 11.3 Å². The second-order valence-electron chi connectivity index (χ2n) is 6.42. The summed E-state index contributed by atoms with van der Waals surface area (Å²) in [5.41, 5.74) is 6.39. The Bertz CT molecular complexity index is 705. The first-order chi connectivity index (χ1) is 12.2. The quantitative estimate of drug-likeness (QED) is 0.618. The Morgan fingerprint density at radius 1 is 1.28 bits per heavy atom. The van der Waals surface area contributed by atoms with Crippen molar-refractivity contribution in [3.8, 4) is 5.75 Å². The van der Waals surface area contributed by atoms with Crippen molar-refractivity contribution in [2.75, 3.05) is 25.6 Å². The molecule has 0 radical (unpaired) electrons. The molecule has 1 aliphatic heterocycles. The van der Waals surface area contributed by atoms with E-state index in [2.05, 4.69) is 32.5 Å². The lowest BCUT2D eigenvalue weighted by molar-refractivity contribution is 0.276. The van der Waals surface area contributed by atoms with Gasteiger partial charge >= 0.3 is 0 Å². The Morgan fingerprint density at radius 2 is 2.08 bits per heavy atom. The van der Waals surface area contributed by atoms with Crippen LogP contribution in [0, 0.1) is 6.92 Å². The van der Waals surface area contributed by atoms with Crippen molar-refractivity contribution in [2.45, 2.75) is 39.2 Å². The number of benzene rings is 1. The average molecular weight is 359 g/mol. The number of likely N-dealkylation sites (tertiary alicyclic amines) is 1. The molecule has 2 heterocycles. The topological polar surface area (TPSA) is 49.8 Å². The Kier molecular flexibility index (Phi) is 6.42. The lowest BCUT2D eigenvalue weighted by Crippen LogP contribution is -2.24. The van der Waals surface area contributed by atoms with Crippen LogP contribution >= 0.6 is 11.3 Å². The Hall–Kier alpha value is -1.92. The predicted molar refractivity (Wildman–Crippen MR) is 105 cm³/mol. The maximum absolute atomic E-state index is 5.41. The van der Waals surface area contributed by atoms with Gasteiger partial charge in [-0.3, -0.25) is 10.3 Å². The lowest BCUT2D eigenvalue weighted by atomic mass is 10.1. The van der Waals surface area contributed by atoms with Gasteiger partial charge in [0.1, 0.15) is 5.75 Å². The molecular formula is C19H26N4OS. The molecule has 2 aromatic rings. The molecule has 0 aliphatic carbocycles. The predicted octanol–water partition coefficient (Wildman–Crippen LogP) is 4.28. The molecule has 134 valence electrons. The van der Waals surface area contributed by atoms with Gasteiger partial charge in [0, 0.05) is 11.9 Å². The average Bonchev–Trinajstić information content (AvgIpc) is 2.87. The van der Waals surface area contributed by atoms with Crippen LogP contribution in [-0.4, -0.2) is 36.3 Å². The molecule has 1 aromatic heterocycles. The smallest absolute Gasteiger partial charge is 0.203 e. The van der Waals surface area contributed by atoms with E-state index >= 15 is 0 Å². The van der Waals surface area contributed by atoms with Crippen LogP contribution < -0.4 is 10.2 Å². The fourth-order valence-corrected chi connectivity index (χ4v) is 3.71. The SMILES string of the molecule is COc1ccc(C=NNc2nc(C)cs2)c(CN2CCCCCC2)c1. The number of ether oxygens (including phenoxy) is 1. The summed E-state index contributed by atoms with van der Waals surface area (Å²) in [6.07, 6.45) is 7.15. The third-order valence-corrected chi connectivity index (χ3v) is 5.29. The van der Waals surface area contributed by atoms with Crippen molar-refractivity contribution in [1.29, 1.82) is 0 Å². The second kappa shape index (κ2) is 8.97. The van der Waals surface area contributed by atoms with Crippen molar-refractivity contribution in [3.05, 3.63) is 40.4 Å². The zero-order valence-electron chi connectivity index (χ0n) is 15.0. The Morgan fingerprint density at radius 3 is 2.76 bits per heavy atom. The minimum absolute atomic E-state index is 0.816. The first-order valence-electron chi connectivity index (χ1n) is 8.85. The molecule has 0 atom stereocenters. The summed E-state index contributed by atoms with van der Waals surface area (Å²) < 4.78 is 5.41. The summed E-state index contributed by atoms with van der Waals surface area (Å²) in [5, 5.41) is 7.19. The zero-order chi connectivity index (χ0) is 17.5. The number of aryl methyl sites for hydroxylation is 1. The normalized spacial score (nSPS) is 16.1. The number of anilines is 1. The number of hydrogen-bond donors (Lipinski definition) is 1. The first kappa shape index (κ1) is 17.9. The molecule has 0 saturated carbocycles. The van der Waals surface area contributed by atoms with Gasteiger partial charge in [-0.2, -0.15) is 5.10 Å². The second-order valence-corrected chi connectivity index (χ2v) is 7.28. The molecule has 0 amide bonds. The van der Waals surface area contributed by atoms with Gasteiger partial charge in [0.25, 0.3) is 0 Å². The third-order valence-electron chi connectivity index (χ3n) is 4.43. The van der Waals surface area contributed by atoms with E-state index in [9.17, 15) is 0 Å². The minimum Gasteiger partial charge on any atom is -0.497 e. The molecule has 0 unspecified atom stereocenters. The van der Waals surface area contributed by atoms with Gasteiger partial charge in [0.15, 0.2) is 0 Å². The molecule has 0 spiro atoms. The maximum Gasteiger partial charge on any atom is 0.203 e. The molecule has 1 aliphatic rings. The van der Waals surface area contributed by atoms with Crippen LogP contribution in [0.3, 0.4) is 0 Å². The maximum atomic E-state index is 5.41. The van der Waals surface area contributed by atoms with Crippen LogP contribution in [0.25, 0.3) is 0 Å². The molecular weight excluding hydrogens is 332 g/mol. The van der Waals surface area contributed by atoms with Crippen LogP contribution in [0.5, 0.6) is 5.75 Å². The summed E-state index contributed by atoms with van der Waals surface area (Å²) in [5.74, 6) is 0.894. The van der Waals surface area contributed by atoms with Crippen LogP contribution in [0.15, 0.2) is 28.7 Å². The van der Waals surface area contributed by atoms with E-state index in [1.165, 1.54) is 44.3 Å². The van der Waals surface area contributed by atoms with Gasteiger partial charge in [0.2, 0.25) is 5.13 Å². The fraction of sp³-hybridized carbons (Fsp3) is 0.474. The summed E-state index contributed by atoms with van der Waals surface area (Å²) in [6, 6.07) is 6.19. The molecule has 6 heteroatoms. The number of nitrogens with zero attached hydrogens (tertiary/aromatic N) is 3. The summed E-state index contributed by atoms with van der Waals surface area (Å²) in [4.78, 5) is 6.90. The molecule has 1 aromatic carbocycles. The Labute approximate surface area is 153 Å². The summed E-state index contributed by atoms with van der Waals surface area (Å²) in [7, 11) is 1.71. The standard InChI is InChI=1S/C19H26N4OS/c1-15-14-25-19(21-15)22-20-12-16-7-8-18(24-2)11-17(16)13-23-9-5-3-4-6-10-23/h7-8,11-12,14H,3-6,9-10,13H2,1-2H3,(H,21,22). The number of hydrazone groups is 1. The van der Waals surface area contributed by atoms with E-state index in [-0.39, 0.29) is 0 Å². The molecule has 1 saturated heterocycles. The van der Waals surface area contributed by atoms with Crippen molar-refractivity contribution in [1.82, 2.24) is 9.88 Å². The van der Waals surface area contributed by atoms with Crippen LogP contribution in [-0.2, 0) is 6.54 Å². The van der Waals surface area contributed by atoms with Gasteiger partial charge in [-0.05, 0) is 62.2 Å². The van der Waals surface area contributed by atoms with Crippen molar-refractivity contribution < 1.29 is 4.74 Å². The van der Waals surface area contributed by atoms with Gasteiger partial charge in [-0.25, -0.2) is 4.98 Å². The number of thiazole rings is 1. The van der Waals surface area contributed by atoms with Crippen molar-refractivity contribution in [3.63, 3.8) is 0 Å². The van der Waals surface area contributed by atoms with Crippen LogP contribution in [0.4, 0.5) is 5.13 Å². The van der Waals surface area contributed by atoms with E-state index in [1.807, 2.05) is 24.6 Å². The van der Waals surface area contributed by atoms with Crippen LogP contribution in [0.1, 0.15) is 42.5 Å². The van der Waals surface area contributed by atoms with E-state index in [0.717, 1.165) is 28.7 Å². The highest BCUT2D eigenvalue weighted by molar-refractivity contribution is 7.13. The van der Waals surface area contributed by atoms with Gasteiger partial charge in [0.05, 0.1) is 19.0 Å². The molecule has 5 nitrogen and oxygen atoms in total. The highest BCUT2D eigenvalue weighted by atomic mass is 32.1. The van der Waals surface area contributed by atoms with E-state index in [4.69, 9.17) is 4.74 Å². The van der Waals surface area contributed by atoms with Crippen LogP contribution in [0.2, 0.25) is 0 Å². The number of aromatic nitrogens is 1. The number of rotatable bonds is 6. The molecule has 1 N–H and O–H groups in total. The Balaban J connectivity index is 1.72. The van der Waals surface area contributed by atoms with E-state index in [1.54, 1.807) is 18.4 Å². The fourth-order valence-electron chi connectivity index (χ4n) is 3.07. The molecule has 0 bridgehead atoms. The van der Waals surface area contributed by atoms with Gasteiger partial charge < -0.3 is 4.74 Å². The third kappa shape index (κ3) is 5.28. The van der Waals surface area contributed by atoms with E-state index < -0.39 is 0 Å². The summed E-state index contributed by atoms with van der Waals surface area (Å²) in [6.45, 7) is 5.26. The van der Waals surface area contributed by atoms with Crippen molar-refractivity contribution >= 4 is 22.7 Å². The molecule has 3 rings (SSSR count). The van der Waals surface area contributed by atoms with Crippen molar-refractivity contribution in [2.24, 2.45) is 5.10 Å². The number of nitrogens with one attached hydrogen (secondary N) is 1. The highest BCUT2D eigenvalue weighted by Crippen LogP contribution is 2.21. The molecule has 1 fully saturated rings. The summed E-state index contributed by atoms with van der Waals surface area (Å²) >= 11 is 1.56. The first-order valence-corrected chi connectivity index (χ1v) is 9.73. The largest absolute Gasteiger partial charge is 0.497 e. The van der Waals surface area contributed by atoms with E-state index in [0.29, 0.717) is 0 Å². The minimum atomic E-state index is 0.816.